The number of halogens is 1. The Labute approximate surface area is 187 Å². The first kappa shape index (κ1) is 19.7. The summed E-state index contributed by atoms with van der Waals surface area (Å²) < 4.78 is 1.63. The zero-order valence-electron chi connectivity index (χ0n) is 16.9. The van der Waals surface area contributed by atoms with Gasteiger partial charge in [0, 0.05) is 29.8 Å². The topological polar surface area (TPSA) is 113 Å². The number of amides is 1. The van der Waals surface area contributed by atoms with Gasteiger partial charge in [0.05, 0.1) is 22.4 Å². The number of aromatic amines is 1. The van der Waals surface area contributed by atoms with E-state index in [9.17, 15) is 4.79 Å². The van der Waals surface area contributed by atoms with Gasteiger partial charge in [0.25, 0.3) is 5.91 Å². The van der Waals surface area contributed by atoms with Crippen LogP contribution in [0.2, 0.25) is 5.02 Å². The van der Waals surface area contributed by atoms with Crippen LogP contribution in [-0.2, 0) is 7.05 Å². The molecule has 5 rings (SSSR count). The fourth-order valence-corrected chi connectivity index (χ4v) is 3.47. The second-order valence-electron chi connectivity index (χ2n) is 7.01. The van der Waals surface area contributed by atoms with Crippen molar-refractivity contribution in [1.82, 2.24) is 29.9 Å². The molecule has 0 atom stereocenters. The standard InChI is InChI=1S/C22H17ClN8O/c1-31-22(26-17-10-9-16-15(19(17)23)12-25-29-16)28-20(30-31)13-5-7-14(8-6-13)21(32)27-18-4-2-3-11-24-18/h2-12H,1H3,(H,25,29)(H,24,27,32)(H,26,28,30). The highest BCUT2D eigenvalue weighted by Gasteiger charge is 2.14. The number of fused-ring (bicyclic) bond motifs is 1. The highest BCUT2D eigenvalue weighted by Crippen LogP contribution is 2.32. The number of nitrogens with one attached hydrogen (secondary N) is 3. The van der Waals surface area contributed by atoms with Crippen LogP contribution in [0.15, 0.2) is 67.0 Å². The number of aryl methyl sites for hydroxylation is 1. The lowest BCUT2D eigenvalue weighted by atomic mass is 10.1. The monoisotopic (exact) mass is 444 g/mol. The zero-order chi connectivity index (χ0) is 22.1. The normalized spacial score (nSPS) is 10.9. The number of hydrogen-bond donors (Lipinski definition) is 3. The molecular weight excluding hydrogens is 428 g/mol. The maximum Gasteiger partial charge on any atom is 0.256 e. The molecule has 3 heterocycles. The summed E-state index contributed by atoms with van der Waals surface area (Å²) in [5, 5.41) is 18.7. The van der Waals surface area contributed by atoms with Crippen molar-refractivity contribution in [3.8, 4) is 11.4 Å². The number of hydrogen-bond acceptors (Lipinski definition) is 6. The van der Waals surface area contributed by atoms with Crippen molar-refractivity contribution in [3.63, 3.8) is 0 Å². The maximum atomic E-state index is 12.4. The minimum atomic E-state index is -0.240. The molecule has 1 amide bonds. The van der Waals surface area contributed by atoms with Crippen LogP contribution in [0.25, 0.3) is 22.3 Å². The van der Waals surface area contributed by atoms with Crippen LogP contribution >= 0.6 is 11.6 Å². The Morgan fingerprint density at radius 1 is 1.09 bits per heavy atom. The van der Waals surface area contributed by atoms with E-state index < -0.39 is 0 Å². The highest BCUT2D eigenvalue weighted by atomic mass is 35.5. The van der Waals surface area contributed by atoms with Crippen LogP contribution in [0.5, 0.6) is 0 Å². The number of nitrogens with zero attached hydrogens (tertiary/aromatic N) is 5. The van der Waals surface area contributed by atoms with E-state index in [1.807, 2.05) is 18.2 Å². The third-order valence-electron chi connectivity index (χ3n) is 4.88. The molecule has 3 aromatic heterocycles. The largest absolute Gasteiger partial charge is 0.323 e. The summed E-state index contributed by atoms with van der Waals surface area (Å²) in [5.41, 5.74) is 2.84. The first-order chi connectivity index (χ1) is 15.6. The molecule has 32 heavy (non-hydrogen) atoms. The van der Waals surface area contributed by atoms with Crippen LogP contribution in [-0.4, -0.2) is 35.9 Å². The van der Waals surface area contributed by atoms with Gasteiger partial charge in [0.1, 0.15) is 5.82 Å². The predicted octanol–water partition coefficient (Wildman–Crippen LogP) is 4.40. The van der Waals surface area contributed by atoms with Gasteiger partial charge in [-0.3, -0.25) is 9.89 Å². The van der Waals surface area contributed by atoms with Gasteiger partial charge >= 0.3 is 0 Å². The van der Waals surface area contributed by atoms with Crippen molar-refractivity contribution in [1.29, 1.82) is 0 Å². The van der Waals surface area contributed by atoms with Crippen LogP contribution in [0.1, 0.15) is 10.4 Å². The zero-order valence-corrected chi connectivity index (χ0v) is 17.6. The van der Waals surface area contributed by atoms with Gasteiger partial charge in [0.15, 0.2) is 5.82 Å². The quantitative estimate of drug-likeness (QED) is 0.370. The Balaban J connectivity index is 1.35. The third-order valence-corrected chi connectivity index (χ3v) is 5.29. The molecule has 10 heteroatoms. The van der Waals surface area contributed by atoms with Gasteiger partial charge in [-0.15, -0.1) is 5.10 Å². The summed E-state index contributed by atoms with van der Waals surface area (Å²) in [5.74, 6) is 1.31. The molecule has 2 aromatic carbocycles. The second kappa shape index (κ2) is 8.12. The van der Waals surface area contributed by atoms with Crippen molar-refractivity contribution >= 4 is 45.9 Å². The van der Waals surface area contributed by atoms with E-state index in [1.165, 1.54) is 0 Å². The van der Waals surface area contributed by atoms with Crippen LogP contribution in [0.4, 0.5) is 17.5 Å². The van der Waals surface area contributed by atoms with Crippen LogP contribution in [0, 0.1) is 0 Å². The molecule has 3 N–H and O–H groups in total. The van der Waals surface area contributed by atoms with E-state index >= 15 is 0 Å². The van der Waals surface area contributed by atoms with Gasteiger partial charge in [-0.05, 0) is 36.4 Å². The fraction of sp³-hybridized carbons (Fsp3) is 0.0455. The lowest BCUT2D eigenvalue weighted by Crippen LogP contribution is -2.12. The molecule has 0 aliphatic heterocycles. The Morgan fingerprint density at radius 2 is 1.94 bits per heavy atom. The Morgan fingerprint density at radius 3 is 2.72 bits per heavy atom. The number of rotatable bonds is 5. The average molecular weight is 445 g/mol. The van der Waals surface area contributed by atoms with E-state index in [2.05, 4.69) is 35.9 Å². The first-order valence-electron chi connectivity index (χ1n) is 9.71. The third kappa shape index (κ3) is 3.77. The van der Waals surface area contributed by atoms with Gasteiger partial charge in [-0.25, -0.2) is 9.67 Å². The molecule has 0 radical (unpaired) electrons. The molecule has 5 aromatic rings. The number of carbonyl (C=O) groups is 1. The number of aromatic nitrogens is 6. The summed E-state index contributed by atoms with van der Waals surface area (Å²) >= 11 is 6.49. The number of H-pyrrole nitrogens is 1. The van der Waals surface area contributed by atoms with E-state index in [0.29, 0.717) is 33.9 Å². The van der Waals surface area contributed by atoms with Gasteiger partial charge in [-0.1, -0.05) is 29.8 Å². The lowest BCUT2D eigenvalue weighted by molar-refractivity contribution is 0.102. The SMILES string of the molecule is Cn1nc(-c2ccc(C(=O)Nc3ccccn3)cc2)nc1Nc1ccc2[nH]ncc2c1Cl. The summed E-state index contributed by atoms with van der Waals surface area (Å²) in [7, 11) is 1.79. The molecule has 0 bridgehead atoms. The molecule has 158 valence electrons. The molecule has 0 fully saturated rings. The maximum absolute atomic E-state index is 12.4. The van der Waals surface area contributed by atoms with Gasteiger partial charge in [-0.2, -0.15) is 10.1 Å². The minimum Gasteiger partial charge on any atom is -0.323 e. The van der Waals surface area contributed by atoms with Crippen molar-refractivity contribution in [2.75, 3.05) is 10.6 Å². The van der Waals surface area contributed by atoms with E-state index in [4.69, 9.17) is 11.6 Å². The van der Waals surface area contributed by atoms with Gasteiger partial charge < -0.3 is 10.6 Å². The second-order valence-corrected chi connectivity index (χ2v) is 7.39. The van der Waals surface area contributed by atoms with Crippen LogP contribution < -0.4 is 10.6 Å². The fourth-order valence-electron chi connectivity index (χ4n) is 3.21. The number of anilines is 3. The average Bonchev–Trinajstić information content (AvgIpc) is 3.44. The molecular formula is C22H17ClN8O. The molecule has 0 unspecified atom stereocenters. The predicted molar refractivity (Wildman–Crippen MR) is 123 cm³/mol. The molecule has 0 saturated carbocycles. The molecule has 0 spiro atoms. The smallest absolute Gasteiger partial charge is 0.256 e. The summed E-state index contributed by atoms with van der Waals surface area (Å²) in [6.07, 6.45) is 3.30. The Bertz CT molecular complexity index is 1410. The summed E-state index contributed by atoms with van der Waals surface area (Å²) in [6, 6.07) is 16.1. The molecule has 9 nitrogen and oxygen atoms in total. The van der Waals surface area contributed by atoms with E-state index in [0.717, 1.165) is 16.5 Å². The van der Waals surface area contributed by atoms with Crippen molar-refractivity contribution < 1.29 is 4.79 Å². The summed E-state index contributed by atoms with van der Waals surface area (Å²) in [4.78, 5) is 21.1. The molecule has 0 aliphatic carbocycles. The molecule has 0 saturated heterocycles. The van der Waals surface area contributed by atoms with E-state index in [1.54, 1.807) is 60.5 Å². The van der Waals surface area contributed by atoms with Crippen LogP contribution in [0.3, 0.4) is 0 Å². The Kier molecular flexibility index (Phi) is 5.00. The number of benzene rings is 2. The van der Waals surface area contributed by atoms with Crippen molar-refractivity contribution in [2.24, 2.45) is 7.05 Å². The van der Waals surface area contributed by atoms with Crippen molar-refractivity contribution in [2.45, 2.75) is 0 Å². The van der Waals surface area contributed by atoms with Crippen molar-refractivity contribution in [3.05, 3.63) is 77.6 Å². The lowest BCUT2D eigenvalue weighted by Gasteiger charge is -2.07. The minimum absolute atomic E-state index is 0.240. The van der Waals surface area contributed by atoms with Gasteiger partial charge in [0.2, 0.25) is 5.95 Å². The highest BCUT2D eigenvalue weighted by molar-refractivity contribution is 6.38. The Hall–Kier alpha value is -4.24. The molecule has 0 aliphatic rings. The number of pyridine rings is 1. The first-order valence-corrected chi connectivity index (χ1v) is 10.1. The summed E-state index contributed by atoms with van der Waals surface area (Å²) in [6.45, 7) is 0. The number of carbonyl (C=O) groups excluding carboxylic acids is 1. The van der Waals surface area contributed by atoms with E-state index in [-0.39, 0.29) is 5.91 Å².